The van der Waals surface area contributed by atoms with E-state index in [0.717, 1.165) is 6.07 Å². The lowest BCUT2D eigenvalue weighted by molar-refractivity contribution is -0.142. The van der Waals surface area contributed by atoms with E-state index in [0.29, 0.717) is 24.2 Å². The highest BCUT2D eigenvalue weighted by atomic mass is 19.1. The van der Waals surface area contributed by atoms with Crippen LogP contribution in [0.4, 0.5) is 8.78 Å². The normalized spacial score (nSPS) is 17.6. The number of aromatic nitrogens is 3. The number of nitrogens with zero attached hydrogens (tertiary/aromatic N) is 3. The third-order valence-corrected chi connectivity index (χ3v) is 3.79. The topological polar surface area (TPSA) is 68.0 Å². The average molecular weight is 293 g/mol. The molecule has 3 rings (SSSR count). The van der Waals surface area contributed by atoms with E-state index in [1.807, 2.05) is 0 Å². The van der Waals surface area contributed by atoms with Crippen molar-refractivity contribution >= 4 is 5.97 Å². The second-order valence-corrected chi connectivity index (χ2v) is 5.21. The molecule has 0 aliphatic carbocycles. The fourth-order valence-corrected chi connectivity index (χ4v) is 2.56. The summed E-state index contributed by atoms with van der Waals surface area (Å²) in [6.07, 6.45) is 0.962. The molecule has 1 aromatic heterocycles. The molecule has 2 aromatic rings. The summed E-state index contributed by atoms with van der Waals surface area (Å²) in [6, 6.07) is 2.18. The molecule has 1 aliphatic rings. The van der Waals surface area contributed by atoms with Crippen molar-refractivity contribution in [1.29, 1.82) is 0 Å². The molecule has 0 saturated carbocycles. The number of rotatable bonds is 2. The molecule has 0 bridgehead atoms. The van der Waals surface area contributed by atoms with Crippen LogP contribution in [0.25, 0.3) is 11.4 Å². The summed E-state index contributed by atoms with van der Waals surface area (Å²) in [4.78, 5) is 11.1. The standard InChI is InChI=1S/C14H13F2N3O2/c1-7-4-9(11(16)5-10(7)15)13-18-17-12-3-2-8(14(20)21)6-19(12)13/h4-5,8H,2-3,6H2,1H3,(H,20,21). The summed E-state index contributed by atoms with van der Waals surface area (Å²) in [5.41, 5.74) is 0.438. The second kappa shape index (κ2) is 4.91. The number of hydrogen-bond donors (Lipinski definition) is 1. The maximum absolute atomic E-state index is 14.0. The van der Waals surface area contributed by atoms with Gasteiger partial charge in [0.15, 0.2) is 5.82 Å². The van der Waals surface area contributed by atoms with Gasteiger partial charge in [-0.05, 0) is 25.0 Å². The Morgan fingerprint density at radius 3 is 2.81 bits per heavy atom. The van der Waals surface area contributed by atoms with E-state index < -0.39 is 23.5 Å². The molecule has 7 heteroatoms. The van der Waals surface area contributed by atoms with Gasteiger partial charge in [0.2, 0.25) is 0 Å². The maximum atomic E-state index is 14.0. The highest BCUT2D eigenvalue weighted by Crippen LogP contribution is 2.28. The minimum absolute atomic E-state index is 0.138. The van der Waals surface area contributed by atoms with Crippen LogP contribution in [-0.4, -0.2) is 25.8 Å². The van der Waals surface area contributed by atoms with Gasteiger partial charge in [-0.3, -0.25) is 4.79 Å². The lowest BCUT2D eigenvalue weighted by atomic mass is 9.99. The van der Waals surface area contributed by atoms with Gasteiger partial charge in [0.05, 0.1) is 11.5 Å². The first kappa shape index (κ1) is 13.7. The third kappa shape index (κ3) is 2.28. The van der Waals surface area contributed by atoms with Crippen molar-refractivity contribution in [2.75, 3.05) is 0 Å². The van der Waals surface area contributed by atoms with Crippen LogP contribution in [0.5, 0.6) is 0 Å². The monoisotopic (exact) mass is 293 g/mol. The molecule has 2 heterocycles. The number of halogens is 2. The number of fused-ring (bicyclic) bond motifs is 1. The van der Waals surface area contributed by atoms with E-state index >= 15 is 0 Å². The Kier molecular flexibility index (Phi) is 3.19. The SMILES string of the molecule is Cc1cc(-c2nnc3n2CC(C(=O)O)CC3)c(F)cc1F. The minimum Gasteiger partial charge on any atom is -0.481 e. The van der Waals surface area contributed by atoms with Crippen LogP contribution in [-0.2, 0) is 17.8 Å². The molecule has 1 atom stereocenters. The second-order valence-electron chi connectivity index (χ2n) is 5.21. The van der Waals surface area contributed by atoms with Crippen LogP contribution in [0.15, 0.2) is 12.1 Å². The van der Waals surface area contributed by atoms with Gasteiger partial charge in [-0.15, -0.1) is 10.2 Å². The summed E-state index contributed by atoms with van der Waals surface area (Å²) < 4.78 is 28.9. The number of aliphatic carboxylic acids is 1. The quantitative estimate of drug-likeness (QED) is 0.921. The zero-order valence-electron chi connectivity index (χ0n) is 11.3. The van der Waals surface area contributed by atoms with E-state index in [2.05, 4.69) is 10.2 Å². The summed E-state index contributed by atoms with van der Waals surface area (Å²) in [6.45, 7) is 1.73. The van der Waals surface area contributed by atoms with Crippen LogP contribution in [0.3, 0.4) is 0 Å². The molecule has 0 radical (unpaired) electrons. The predicted molar refractivity (Wildman–Crippen MR) is 69.6 cm³/mol. The molecule has 1 unspecified atom stereocenters. The van der Waals surface area contributed by atoms with Crippen LogP contribution < -0.4 is 0 Å². The molecule has 1 aromatic carbocycles. The molecular weight excluding hydrogens is 280 g/mol. The lowest BCUT2D eigenvalue weighted by Crippen LogP contribution is -2.27. The van der Waals surface area contributed by atoms with E-state index in [1.54, 1.807) is 4.57 Å². The molecule has 21 heavy (non-hydrogen) atoms. The largest absolute Gasteiger partial charge is 0.481 e. The van der Waals surface area contributed by atoms with E-state index in [-0.39, 0.29) is 17.9 Å². The first-order valence-corrected chi connectivity index (χ1v) is 6.58. The molecule has 1 aliphatic heterocycles. The van der Waals surface area contributed by atoms with E-state index in [9.17, 15) is 13.6 Å². The molecule has 0 spiro atoms. The zero-order chi connectivity index (χ0) is 15.1. The van der Waals surface area contributed by atoms with Gasteiger partial charge >= 0.3 is 5.97 Å². The van der Waals surface area contributed by atoms with Crippen molar-refractivity contribution in [1.82, 2.24) is 14.8 Å². The lowest BCUT2D eigenvalue weighted by Gasteiger charge is -2.21. The van der Waals surface area contributed by atoms with Gasteiger partial charge in [0, 0.05) is 19.0 Å². The summed E-state index contributed by atoms with van der Waals surface area (Å²) in [5, 5.41) is 17.1. The minimum atomic E-state index is -0.893. The van der Waals surface area contributed by atoms with Crippen molar-refractivity contribution in [2.45, 2.75) is 26.3 Å². The van der Waals surface area contributed by atoms with Crippen LogP contribution in [0.2, 0.25) is 0 Å². The Morgan fingerprint density at radius 1 is 1.33 bits per heavy atom. The number of carboxylic acids is 1. The van der Waals surface area contributed by atoms with Crippen molar-refractivity contribution < 1.29 is 18.7 Å². The summed E-state index contributed by atoms with van der Waals surface area (Å²) in [7, 11) is 0. The molecule has 0 fully saturated rings. The Hall–Kier alpha value is -2.31. The van der Waals surface area contributed by atoms with Gasteiger partial charge in [0.1, 0.15) is 17.5 Å². The Bertz CT molecular complexity index is 727. The molecule has 5 nitrogen and oxygen atoms in total. The Morgan fingerprint density at radius 2 is 2.10 bits per heavy atom. The highest BCUT2D eigenvalue weighted by molar-refractivity contribution is 5.70. The average Bonchev–Trinajstić information content (AvgIpc) is 2.85. The number of carbonyl (C=O) groups is 1. The third-order valence-electron chi connectivity index (χ3n) is 3.79. The fraction of sp³-hybridized carbons (Fsp3) is 0.357. The van der Waals surface area contributed by atoms with Crippen molar-refractivity contribution in [3.05, 3.63) is 35.2 Å². The van der Waals surface area contributed by atoms with Gasteiger partial charge < -0.3 is 9.67 Å². The van der Waals surface area contributed by atoms with Crippen LogP contribution in [0.1, 0.15) is 17.8 Å². The summed E-state index contributed by atoms with van der Waals surface area (Å²) >= 11 is 0. The Balaban J connectivity index is 2.08. The maximum Gasteiger partial charge on any atom is 0.308 e. The molecular formula is C14H13F2N3O2. The van der Waals surface area contributed by atoms with E-state index in [1.165, 1.54) is 13.0 Å². The number of aryl methyl sites for hydroxylation is 2. The highest BCUT2D eigenvalue weighted by Gasteiger charge is 2.28. The summed E-state index contributed by atoms with van der Waals surface area (Å²) in [5.74, 6) is -1.92. The molecule has 110 valence electrons. The van der Waals surface area contributed by atoms with Crippen molar-refractivity contribution in [3.8, 4) is 11.4 Å². The number of hydrogen-bond acceptors (Lipinski definition) is 3. The molecule has 1 N–H and O–H groups in total. The van der Waals surface area contributed by atoms with Crippen LogP contribution >= 0.6 is 0 Å². The number of carboxylic acid groups (broad SMARTS) is 1. The van der Waals surface area contributed by atoms with E-state index in [4.69, 9.17) is 5.11 Å². The molecule has 0 amide bonds. The predicted octanol–water partition coefficient (Wildman–Crippen LogP) is 2.18. The first-order valence-electron chi connectivity index (χ1n) is 6.58. The first-order chi connectivity index (χ1) is 9.97. The van der Waals surface area contributed by atoms with Gasteiger partial charge in [-0.2, -0.15) is 0 Å². The van der Waals surface area contributed by atoms with Gasteiger partial charge in [-0.25, -0.2) is 8.78 Å². The zero-order valence-corrected chi connectivity index (χ0v) is 11.3. The fourth-order valence-electron chi connectivity index (χ4n) is 2.56. The molecule has 0 saturated heterocycles. The Labute approximate surface area is 119 Å². The number of benzene rings is 1. The van der Waals surface area contributed by atoms with Crippen LogP contribution in [0, 0.1) is 24.5 Å². The van der Waals surface area contributed by atoms with Crippen molar-refractivity contribution in [3.63, 3.8) is 0 Å². The smallest absolute Gasteiger partial charge is 0.308 e. The van der Waals surface area contributed by atoms with Crippen molar-refractivity contribution in [2.24, 2.45) is 5.92 Å². The van der Waals surface area contributed by atoms with Gasteiger partial charge in [-0.1, -0.05) is 0 Å². The van der Waals surface area contributed by atoms with Gasteiger partial charge in [0.25, 0.3) is 0 Å².